The first-order valence-corrected chi connectivity index (χ1v) is 13.2. The maximum absolute atomic E-state index is 12.1. The molecule has 1 N–H and O–H groups in total. The molecule has 4 bridgehead atoms. The lowest BCUT2D eigenvalue weighted by Crippen LogP contribution is -2.53. The van der Waals surface area contributed by atoms with E-state index in [1.807, 2.05) is 0 Å². The number of quaternary nitrogens is 1. The summed E-state index contributed by atoms with van der Waals surface area (Å²) in [6.45, 7) is 4.53. The third-order valence-corrected chi connectivity index (χ3v) is 8.77. The van der Waals surface area contributed by atoms with E-state index in [2.05, 4.69) is 13.1 Å². The summed E-state index contributed by atoms with van der Waals surface area (Å²) in [6, 6.07) is 0. The predicted molar refractivity (Wildman–Crippen MR) is 112 cm³/mol. The molecule has 29 heavy (non-hydrogen) atoms. The number of nitrogens with zero attached hydrogens (tertiary/aromatic N) is 1. The van der Waals surface area contributed by atoms with Crippen LogP contribution in [0.2, 0.25) is 0 Å². The number of hydrogen-bond donors (Lipinski definition) is 1. The second-order valence-corrected chi connectivity index (χ2v) is 11.5. The molecule has 7 heteroatoms. The Morgan fingerprint density at radius 2 is 1.66 bits per heavy atom. The highest BCUT2D eigenvalue weighted by Gasteiger charge is 2.44. The molecule has 0 radical (unpaired) electrons. The first-order valence-electron chi connectivity index (χ1n) is 11.7. The van der Waals surface area contributed by atoms with Crippen LogP contribution in [0.15, 0.2) is 11.6 Å². The molecule has 1 unspecified atom stereocenters. The first kappa shape index (κ1) is 22.0. The van der Waals surface area contributed by atoms with E-state index >= 15 is 0 Å². The standard InChI is InChI=1S/C22H38NO5P/c1-23(6-10-26-11-7-23)8-12-28-29(24,25)27-9-4-2-3-5-22-20-14-18-13-19(16-20)17-21(22)15-18/h5,18-21H,2-4,6-17H2,1H3/p+1. The average Bonchev–Trinajstić information content (AvgIpc) is 2.66. The van der Waals surface area contributed by atoms with Crippen LogP contribution in [0, 0.1) is 23.7 Å². The van der Waals surface area contributed by atoms with Gasteiger partial charge in [-0.3, -0.25) is 9.05 Å². The van der Waals surface area contributed by atoms with Crippen molar-refractivity contribution in [1.82, 2.24) is 0 Å². The van der Waals surface area contributed by atoms with Gasteiger partial charge in [0.2, 0.25) is 0 Å². The van der Waals surface area contributed by atoms with Gasteiger partial charge in [0.15, 0.2) is 0 Å². The van der Waals surface area contributed by atoms with Crippen molar-refractivity contribution < 1.29 is 27.7 Å². The lowest BCUT2D eigenvalue weighted by molar-refractivity contribution is -0.916. The predicted octanol–water partition coefficient (Wildman–Crippen LogP) is 4.15. The van der Waals surface area contributed by atoms with Gasteiger partial charge in [0.25, 0.3) is 0 Å². The Hall–Kier alpha value is -0.230. The van der Waals surface area contributed by atoms with Crippen molar-refractivity contribution in [2.24, 2.45) is 23.7 Å². The summed E-state index contributed by atoms with van der Waals surface area (Å²) >= 11 is 0. The zero-order chi connectivity index (χ0) is 20.3. The van der Waals surface area contributed by atoms with Gasteiger partial charge in [-0.15, -0.1) is 0 Å². The van der Waals surface area contributed by atoms with Crippen LogP contribution in [0.5, 0.6) is 0 Å². The van der Waals surface area contributed by atoms with E-state index in [4.69, 9.17) is 13.8 Å². The van der Waals surface area contributed by atoms with Crippen LogP contribution in [0.25, 0.3) is 0 Å². The van der Waals surface area contributed by atoms with Crippen LogP contribution in [0.3, 0.4) is 0 Å². The van der Waals surface area contributed by atoms with Crippen molar-refractivity contribution >= 4 is 7.82 Å². The van der Waals surface area contributed by atoms with Crippen molar-refractivity contribution in [3.05, 3.63) is 11.6 Å². The van der Waals surface area contributed by atoms with E-state index in [1.54, 1.807) is 5.57 Å². The van der Waals surface area contributed by atoms with Crippen molar-refractivity contribution in [2.45, 2.75) is 51.4 Å². The van der Waals surface area contributed by atoms with Crippen LogP contribution in [0.4, 0.5) is 0 Å². The number of rotatable bonds is 10. The van der Waals surface area contributed by atoms with Crippen molar-refractivity contribution in [1.29, 1.82) is 0 Å². The molecule has 5 aliphatic rings. The van der Waals surface area contributed by atoms with Gasteiger partial charge < -0.3 is 14.1 Å². The Morgan fingerprint density at radius 1 is 1.03 bits per heavy atom. The Kier molecular flexibility index (Phi) is 7.20. The van der Waals surface area contributed by atoms with E-state index in [-0.39, 0.29) is 13.2 Å². The molecule has 6 nitrogen and oxygen atoms in total. The van der Waals surface area contributed by atoms with E-state index in [0.29, 0.717) is 6.54 Å². The molecule has 4 aliphatic carbocycles. The van der Waals surface area contributed by atoms with Gasteiger partial charge in [-0.25, -0.2) is 4.57 Å². The number of likely N-dealkylation sites (N-methyl/N-ethyl adjacent to an activating group) is 1. The van der Waals surface area contributed by atoms with Gasteiger partial charge in [-0.2, -0.15) is 0 Å². The lowest BCUT2D eigenvalue weighted by atomic mass is 9.54. The smallest absolute Gasteiger partial charge is 0.370 e. The average molecular weight is 429 g/mol. The second kappa shape index (κ2) is 9.50. The van der Waals surface area contributed by atoms with Crippen LogP contribution >= 0.6 is 7.82 Å². The van der Waals surface area contributed by atoms with Gasteiger partial charge in [0.05, 0.1) is 26.9 Å². The molecule has 5 rings (SSSR count). The number of hydrogen-bond acceptors (Lipinski definition) is 4. The molecule has 1 aliphatic heterocycles. The summed E-state index contributed by atoms with van der Waals surface area (Å²) in [5.41, 5.74) is 1.74. The summed E-state index contributed by atoms with van der Waals surface area (Å²) in [7, 11) is -1.81. The minimum atomic E-state index is -3.94. The van der Waals surface area contributed by atoms with E-state index in [1.165, 1.54) is 32.1 Å². The molecule has 1 heterocycles. The summed E-state index contributed by atoms with van der Waals surface area (Å²) in [4.78, 5) is 9.89. The summed E-state index contributed by atoms with van der Waals surface area (Å²) in [5, 5.41) is 0. The van der Waals surface area contributed by atoms with Gasteiger partial charge in [-0.05, 0) is 75.0 Å². The van der Waals surface area contributed by atoms with Crippen LogP contribution in [0.1, 0.15) is 51.4 Å². The molecule has 0 aromatic carbocycles. The van der Waals surface area contributed by atoms with Crippen LogP contribution in [-0.4, -0.2) is 62.5 Å². The number of morpholine rings is 1. The van der Waals surface area contributed by atoms with Gasteiger partial charge in [-0.1, -0.05) is 11.6 Å². The molecule has 0 aromatic rings. The fraction of sp³-hybridized carbons (Fsp3) is 0.909. The highest BCUT2D eigenvalue weighted by atomic mass is 31.2. The van der Waals surface area contributed by atoms with E-state index < -0.39 is 7.82 Å². The van der Waals surface area contributed by atoms with Crippen LogP contribution in [-0.2, 0) is 18.3 Å². The Morgan fingerprint density at radius 3 is 2.31 bits per heavy atom. The molecule has 0 spiro atoms. The lowest BCUT2D eigenvalue weighted by Gasteiger charge is -2.51. The SMILES string of the molecule is C[N+]1(CCOP(=O)(O)OCCCCC=C2C3CC4CC(C3)CC2C4)CCOCC1. The van der Waals surface area contributed by atoms with Gasteiger partial charge in [0.1, 0.15) is 26.2 Å². The summed E-state index contributed by atoms with van der Waals surface area (Å²) < 4.78 is 28.6. The highest BCUT2D eigenvalue weighted by molar-refractivity contribution is 7.47. The molecular weight excluding hydrogens is 389 g/mol. The van der Waals surface area contributed by atoms with E-state index in [9.17, 15) is 9.46 Å². The highest BCUT2D eigenvalue weighted by Crippen LogP contribution is 2.56. The van der Waals surface area contributed by atoms with Crippen molar-refractivity contribution in [2.75, 3.05) is 53.1 Å². The number of ether oxygens (including phenoxy) is 1. The minimum absolute atomic E-state index is 0.237. The Balaban J connectivity index is 1.09. The zero-order valence-electron chi connectivity index (χ0n) is 18.0. The molecule has 1 atom stereocenters. The fourth-order valence-electron chi connectivity index (χ4n) is 6.18. The van der Waals surface area contributed by atoms with Crippen molar-refractivity contribution in [3.8, 4) is 0 Å². The number of unbranched alkanes of at least 4 members (excludes halogenated alkanes) is 2. The topological polar surface area (TPSA) is 65.0 Å². The summed E-state index contributed by atoms with van der Waals surface area (Å²) in [5.74, 6) is 3.75. The first-order chi connectivity index (χ1) is 13.9. The number of phosphoric ester groups is 1. The molecule has 4 saturated carbocycles. The van der Waals surface area contributed by atoms with Crippen molar-refractivity contribution in [3.63, 3.8) is 0 Å². The Labute approximate surface area is 175 Å². The summed E-state index contributed by atoms with van der Waals surface area (Å²) in [6.07, 6.45) is 12.6. The maximum atomic E-state index is 12.1. The molecule has 5 fully saturated rings. The third kappa shape index (κ3) is 5.93. The quantitative estimate of drug-likeness (QED) is 0.245. The molecule has 166 valence electrons. The second-order valence-electron chi connectivity index (χ2n) is 10.0. The normalized spacial score (nSPS) is 34.9. The van der Waals surface area contributed by atoms with Gasteiger partial charge >= 0.3 is 7.82 Å². The fourth-order valence-corrected chi connectivity index (χ4v) is 6.92. The zero-order valence-corrected chi connectivity index (χ0v) is 18.9. The van der Waals surface area contributed by atoms with Crippen LogP contribution < -0.4 is 0 Å². The van der Waals surface area contributed by atoms with E-state index in [0.717, 1.165) is 73.7 Å². The third-order valence-electron chi connectivity index (χ3n) is 7.75. The molecule has 0 amide bonds. The molecular formula is C22H39NO5P+. The molecule has 0 aromatic heterocycles. The maximum Gasteiger partial charge on any atom is 0.472 e. The number of allylic oxidation sites excluding steroid dienone is 2. The van der Waals surface area contributed by atoms with Gasteiger partial charge in [0, 0.05) is 0 Å². The number of phosphoric acid groups is 1. The molecule has 1 saturated heterocycles. The largest absolute Gasteiger partial charge is 0.472 e. The Bertz CT molecular complexity index is 601. The minimum Gasteiger partial charge on any atom is -0.370 e. The monoisotopic (exact) mass is 428 g/mol.